The minimum absolute atomic E-state index is 0.108. The summed E-state index contributed by atoms with van der Waals surface area (Å²) in [5.74, 6) is -0.321. The number of hydrogen-bond acceptors (Lipinski definition) is 4. The fraction of sp³-hybridized carbons (Fsp3) is 0.611. The molecule has 0 unspecified atom stereocenters. The Morgan fingerprint density at radius 3 is 2.48 bits per heavy atom. The number of hydrogen-bond donors (Lipinski definition) is 2. The van der Waals surface area contributed by atoms with E-state index in [1.807, 2.05) is 0 Å². The molecule has 0 aromatic heterocycles. The highest BCUT2D eigenvalue weighted by Crippen LogP contribution is 2.35. The molecule has 2 N–H and O–H groups in total. The second kappa shape index (κ2) is 10.6. The molecule has 0 atom stereocenters. The number of halogens is 4. The van der Waals surface area contributed by atoms with Crippen LogP contribution in [-0.4, -0.2) is 51.9 Å². The Labute approximate surface area is 173 Å². The largest absolute Gasteiger partial charge is 0.417 e. The Balaban J connectivity index is 1.75. The number of nitrogens with one attached hydrogen (secondary N) is 2. The summed E-state index contributed by atoms with van der Waals surface area (Å²) in [6.45, 7) is 3.34. The van der Waals surface area contributed by atoms with Crippen LogP contribution in [0.1, 0.15) is 37.7 Å². The van der Waals surface area contributed by atoms with E-state index in [4.69, 9.17) is 11.6 Å². The van der Waals surface area contributed by atoms with E-state index in [-0.39, 0.29) is 18.9 Å². The van der Waals surface area contributed by atoms with E-state index in [0.717, 1.165) is 38.2 Å². The monoisotopic (exact) mass is 455 g/mol. The second-order valence-electron chi connectivity index (χ2n) is 6.89. The van der Waals surface area contributed by atoms with Crippen molar-refractivity contribution in [3.05, 3.63) is 28.8 Å². The third kappa shape index (κ3) is 7.76. The number of likely N-dealkylation sites (tertiary alicyclic amines) is 1. The topological polar surface area (TPSA) is 78.5 Å². The maximum atomic E-state index is 12.9. The first-order chi connectivity index (χ1) is 13.6. The molecule has 1 aliphatic heterocycles. The molecule has 0 aliphatic carbocycles. The van der Waals surface area contributed by atoms with Gasteiger partial charge in [0.15, 0.2) is 0 Å². The van der Waals surface area contributed by atoms with Crippen molar-refractivity contribution in [1.29, 1.82) is 0 Å². The molecule has 6 nitrogen and oxygen atoms in total. The first kappa shape index (κ1) is 23.9. The van der Waals surface area contributed by atoms with Crippen molar-refractivity contribution < 1.29 is 26.4 Å². The van der Waals surface area contributed by atoms with Crippen LogP contribution in [0.3, 0.4) is 0 Å². The number of nitrogens with zero attached hydrogens (tertiary/aromatic N) is 1. The van der Waals surface area contributed by atoms with Crippen LogP contribution in [-0.2, 0) is 21.0 Å². The first-order valence-electron chi connectivity index (χ1n) is 9.45. The highest BCUT2D eigenvalue weighted by atomic mass is 35.5. The van der Waals surface area contributed by atoms with Gasteiger partial charge in [-0.1, -0.05) is 18.0 Å². The highest BCUT2D eigenvalue weighted by Gasteiger charge is 2.34. The lowest BCUT2D eigenvalue weighted by Crippen LogP contribution is -2.34. The van der Waals surface area contributed by atoms with E-state index in [1.54, 1.807) is 0 Å². The van der Waals surface area contributed by atoms with Crippen molar-refractivity contribution in [2.24, 2.45) is 0 Å². The Kier molecular flexibility index (Phi) is 8.74. The zero-order valence-electron chi connectivity index (χ0n) is 15.9. The van der Waals surface area contributed by atoms with Crippen molar-refractivity contribution in [2.45, 2.75) is 43.2 Å². The summed E-state index contributed by atoms with van der Waals surface area (Å²) in [7, 11) is -4.19. The quantitative estimate of drug-likeness (QED) is 0.561. The molecule has 11 heteroatoms. The van der Waals surface area contributed by atoms with Crippen LogP contribution >= 0.6 is 11.6 Å². The van der Waals surface area contributed by atoms with Gasteiger partial charge in [-0.25, -0.2) is 13.1 Å². The minimum atomic E-state index is -4.77. The molecule has 0 radical (unpaired) electrons. The first-order valence-corrected chi connectivity index (χ1v) is 11.3. The number of benzene rings is 1. The Hall–Kier alpha value is -1.36. The molecule has 0 spiro atoms. The van der Waals surface area contributed by atoms with Gasteiger partial charge in [0.2, 0.25) is 15.9 Å². The van der Waals surface area contributed by atoms with Gasteiger partial charge in [0.05, 0.1) is 15.5 Å². The smallest absolute Gasteiger partial charge is 0.356 e. The average molecular weight is 456 g/mol. The summed E-state index contributed by atoms with van der Waals surface area (Å²) < 4.78 is 65.2. The normalized spacial score (nSPS) is 16.0. The van der Waals surface area contributed by atoms with E-state index < -0.39 is 31.7 Å². The van der Waals surface area contributed by atoms with E-state index in [1.165, 1.54) is 19.3 Å². The van der Waals surface area contributed by atoms with Gasteiger partial charge in [0.25, 0.3) is 0 Å². The zero-order valence-corrected chi connectivity index (χ0v) is 17.5. The third-order valence-corrected chi connectivity index (χ3v) is 6.41. The van der Waals surface area contributed by atoms with Gasteiger partial charge in [-0.05, 0) is 57.1 Å². The van der Waals surface area contributed by atoms with Crippen molar-refractivity contribution in [2.75, 3.05) is 32.7 Å². The average Bonchev–Trinajstić information content (AvgIpc) is 2.65. The predicted octanol–water partition coefficient (Wildman–Crippen LogP) is 3.02. The van der Waals surface area contributed by atoms with Crippen LogP contribution in [0.25, 0.3) is 0 Å². The molecule has 1 amide bonds. The van der Waals surface area contributed by atoms with Crippen LogP contribution in [0.2, 0.25) is 5.02 Å². The van der Waals surface area contributed by atoms with Gasteiger partial charge in [0, 0.05) is 19.5 Å². The van der Waals surface area contributed by atoms with Crippen LogP contribution in [0.4, 0.5) is 13.2 Å². The molecule has 2 rings (SSSR count). The van der Waals surface area contributed by atoms with Gasteiger partial charge < -0.3 is 10.2 Å². The van der Waals surface area contributed by atoms with Gasteiger partial charge in [-0.2, -0.15) is 13.2 Å². The summed E-state index contributed by atoms with van der Waals surface area (Å²) in [4.78, 5) is 13.6. The second-order valence-corrected chi connectivity index (χ2v) is 9.07. The number of carbonyl (C=O) groups excluding carboxylic acids is 1. The summed E-state index contributed by atoms with van der Waals surface area (Å²) in [5.41, 5.74) is -1.23. The predicted molar refractivity (Wildman–Crippen MR) is 104 cm³/mol. The lowest BCUT2D eigenvalue weighted by molar-refractivity contribution is -0.137. The van der Waals surface area contributed by atoms with E-state index in [9.17, 15) is 26.4 Å². The summed E-state index contributed by atoms with van der Waals surface area (Å²) in [6.07, 6.45) is -0.409. The molecule has 1 aromatic rings. The molecular weight excluding hydrogens is 431 g/mol. The van der Waals surface area contributed by atoms with Gasteiger partial charge in [0.1, 0.15) is 0 Å². The molecule has 29 heavy (non-hydrogen) atoms. The minimum Gasteiger partial charge on any atom is -0.356 e. The number of piperidine rings is 1. The van der Waals surface area contributed by atoms with Crippen molar-refractivity contribution in [3.63, 3.8) is 0 Å². The molecule has 1 aromatic carbocycles. The summed E-state index contributed by atoms with van der Waals surface area (Å²) >= 11 is 5.50. The summed E-state index contributed by atoms with van der Waals surface area (Å²) in [5, 5.41) is 2.14. The standard InChI is InChI=1S/C18H25ClF3N3O3S/c19-16-6-5-14(13-15(16)18(20,21)22)29(27,28)24-9-7-17(26)23-8-4-12-25-10-2-1-3-11-25/h5-6,13,24H,1-4,7-12H2,(H,23,26). The van der Waals surface area contributed by atoms with E-state index in [0.29, 0.717) is 12.6 Å². The van der Waals surface area contributed by atoms with Gasteiger partial charge in [-0.3, -0.25) is 4.79 Å². The molecule has 0 saturated carbocycles. The van der Waals surface area contributed by atoms with E-state index >= 15 is 0 Å². The van der Waals surface area contributed by atoms with Gasteiger partial charge in [-0.15, -0.1) is 0 Å². The summed E-state index contributed by atoms with van der Waals surface area (Å²) in [6, 6.07) is 2.35. The fourth-order valence-electron chi connectivity index (χ4n) is 3.07. The molecule has 1 saturated heterocycles. The number of rotatable bonds is 9. The maximum absolute atomic E-state index is 12.9. The Morgan fingerprint density at radius 1 is 1.14 bits per heavy atom. The maximum Gasteiger partial charge on any atom is 0.417 e. The molecule has 164 valence electrons. The molecule has 1 aliphatic rings. The van der Waals surface area contributed by atoms with Crippen LogP contribution in [0.15, 0.2) is 23.1 Å². The molecule has 0 bridgehead atoms. The molecular formula is C18H25ClF3N3O3S. The SMILES string of the molecule is O=C(CCNS(=O)(=O)c1ccc(Cl)c(C(F)(F)F)c1)NCCCN1CCCCC1. The van der Waals surface area contributed by atoms with Gasteiger partial charge >= 0.3 is 6.18 Å². The number of carbonyl (C=O) groups is 1. The Morgan fingerprint density at radius 2 is 1.83 bits per heavy atom. The number of alkyl halides is 3. The zero-order chi connectivity index (χ0) is 21.5. The molecule has 1 fully saturated rings. The van der Waals surface area contributed by atoms with E-state index in [2.05, 4.69) is 14.9 Å². The molecule has 1 heterocycles. The van der Waals surface area contributed by atoms with Crippen molar-refractivity contribution in [1.82, 2.24) is 14.9 Å². The number of sulfonamides is 1. The lowest BCUT2D eigenvalue weighted by Gasteiger charge is -2.26. The third-order valence-electron chi connectivity index (χ3n) is 4.62. The highest BCUT2D eigenvalue weighted by molar-refractivity contribution is 7.89. The van der Waals surface area contributed by atoms with Crippen LogP contribution in [0.5, 0.6) is 0 Å². The lowest BCUT2D eigenvalue weighted by atomic mass is 10.1. The van der Waals surface area contributed by atoms with Crippen molar-refractivity contribution in [3.8, 4) is 0 Å². The Bertz CT molecular complexity index is 797. The fourth-order valence-corrected chi connectivity index (χ4v) is 4.36. The van der Waals surface area contributed by atoms with Crippen LogP contribution in [0, 0.1) is 0 Å². The number of amides is 1. The van der Waals surface area contributed by atoms with Crippen molar-refractivity contribution >= 4 is 27.5 Å². The van der Waals surface area contributed by atoms with Crippen LogP contribution < -0.4 is 10.0 Å².